The number of aliphatic hydroxyl groups is 3. The molecule has 2 unspecified atom stereocenters. The number of aliphatic hydroxyl groups excluding tert-OH is 2. The largest absolute Gasteiger partial charge is 0.508 e. The topological polar surface area (TPSA) is 229 Å². The lowest BCUT2D eigenvalue weighted by atomic mass is 9.58. The molecule has 0 heterocycles. The third-order valence-corrected chi connectivity index (χ3v) is 9.21. The maximum atomic E-state index is 14.1. The zero-order valence-corrected chi connectivity index (χ0v) is 27.7. The van der Waals surface area contributed by atoms with Crippen molar-refractivity contribution in [3.63, 3.8) is 0 Å². The number of Topliss-reactive ketones (excluding diaryl/α,β-unsaturated/α-hetero) is 2. The number of amides is 2. The van der Waals surface area contributed by atoms with Crippen molar-refractivity contribution < 1.29 is 53.9 Å². The molecule has 3 aliphatic carbocycles. The van der Waals surface area contributed by atoms with Gasteiger partial charge in [-0.25, -0.2) is 9.59 Å². The highest BCUT2D eigenvalue weighted by molar-refractivity contribution is 6.22. The summed E-state index contributed by atoms with van der Waals surface area (Å²) >= 11 is 0. The van der Waals surface area contributed by atoms with Gasteiger partial charge in [0.2, 0.25) is 18.5 Å². The molecule has 7 N–H and O–H groups in total. The van der Waals surface area contributed by atoms with Crippen molar-refractivity contribution in [2.24, 2.45) is 17.6 Å². The molecule has 49 heavy (non-hydrogen) atoms. The van der Waals surface area contributed by atoms with E-state index in [1.54, 1.807) is 45.2 Å². The third-order valence-electron chi connectivity index (χ3n) is 9.21. The van der Waals surface area contributed by atoms with Gasteiger partial charge in [0.15, 0.2) is 17.1 Å². The average molecular weight is 679 g/mol. The SMILES string of the molecule is Cc1cc(C)cc(C(=O)OCOC(=O)Nc2cc(N(C)C)c3c(c2O)C(=O)C2=C(O)[C@]4(O)C(=O)C(C(N)=O)C(O)[C@@H](N(C)C)[C@@H]4CC2=C3)c1. The minimum atomic E-state index is -2.78. The Balaban J connectivity index is 1.49. The summed E-state index contributed by atoms with van der Waals surface area (Å²) in [5, 5.41) is 48.0. The second-order valence-electron chi connectivity index (χ2n) is 12.9. The Morgan fingerprint density at radius 2 is 1.65 bits per heavy atom. The smallest absolute Gasteiger partial charge is 0.414 e. The third kappa shape index (κ3) is 5.79. The number of benzene rings is 2. The fourth-order valence-electron chi connectivity index (χ4n) is 7.12. The summed E-state index contributed by atoms with van der Waals surface area (Å²) in [4.78, 5) is 68.2. The first-order chi connectivity index (χ1) is 22.9. The highest BCUT2D eigenvalue weighted by atomic mass is 16.7. The Labute approximate surface area is 281 Å². The van der Waals surface area contributed by atoms with Crippen molar-refractivity contribution in [3.8, 4) is 5.75 Å². The monoisotopic (exact) mass is 678 g/mol. The number of carbonyl (C=O) groups excluding carboxylic acids is 5. The minimum absolute atomic E-state index is 0.182. The van der Waals surface area contributed by atoms with E-state index in [0.717, 1.165) is 11.1 Å². The van der Waals surface area contributed by atoms with Crippen LogP contribution in [0.3, 0.4) is 0 Å². The van der Waals surface area contributed by atoms with Gasteiger partial charge in [-0.15, -0.1) is 0 Å². The maximum Gasteiger partial charge on any atom is 0.414 e. The van der Waals surface area contributed by atoms with E-state index >= 15 is 0 Å². The van der Waals surface area contributed by atoms with Crippen LogP contribution in [0.25, 0.3) is 6.08 Å². The number of aromatic hydroxyl groups is 1. The molecule has 1 fully saturated rings. The van der Waals surface area contributed by atoms with E-state index in [-0.39, 0.29) is 34.4 Å². The molecule has 260 valence electrons. The number of allylic oxidation sites excluding steroid dienone is 2. The second kappa shape index (κ2) is 12.7. The predicted molar refractivity (Wildman–Crippen MR) is 175 cm³/mol. The number of nitrogens with two attached hydrogens (primary N) is 1. The van der Waals surface area contributed by atoms with Gasteiger partial charge in [0.05, 0.1) is 28.5 Å². The standard InChI is InChI=1S/C34H38N4O11/c1-14-7-15(2)9-17(8-14)32(45)48-13-49-33(46)36-20-12-21(37(3)4)18-10-16-11-19-25(38(5)6)28(41)24(31(35)44)30(43)34(19,47)29(42)22(16)27(40)23(18)26(20)39/h7-10,12,19,24-25,28,39,41-42,47H,11,13H2,1-6H3,(H2,35,44)(H,36,46)/t19-,24?,25-,28?,34-/m0/s1. The summed E-state index contributed by atoms with van der Waals surface area (Å²) in [5.41, 5.74) is 4.25. The zero-order valence-electron chi connectivity index (χ0n) is 27.7. The molecule has 5 rings (SSSR count). The van der Waals surface area contributed by atoms with Crippen LogP contribution in [-0.2, 0) is 19.1 Å². The number of phenols is 1. The minimum Gasteiger partial charge on any atom is -0.508 e. The molecule has 0 radical (unpaired) electrons. The summed E-state index contributed by atoms with van der Waals surface area (Å²) in [7, 11) is 6.42. The number of rotatable bonds is 7. The van der Waals surface area contributed by atoms with Gasteiger partial charge in [0, 0.05) is 37.3 Å². The van der Waals surface area contributed by atoms with Crippen LogP contribution >= 0.6 is 0 Å². The van der Waals surface area contributed by atoms with E-state index in [2.05, 4.69) is 5.32 Å². The van der Waals surface area contributed by atoms with E-state index in [0.29, 0.717) is 5.69 Å². The van der Waals surface area contributed by atoms with Crippen LogP contribution < -0.4 is 16.0 Å². The van der Waals surface area contributed by atoms with Gasteiger partial charge in [-0.05, 0) is 64.2 Å². The lowest BCUT2D eigenvalue weighted by Gasteiger charge is -2.52. The molecule has 5 atom stereocenters. The fraction of sp³-hybridized carbons (Fsp3) is 0.382. The number of fused-ring (bicyclic) bond motifs is 3. The number of aryl methyl sites for hydroxylation is 2. The summed E-state index contributed by atoms with van der Waals surface area (Å²) < 4.78 is 10.0. The molecular weight excluding hydrogens is 640 g/mol. The van der Waals surface area contributed by atoms with Crippen LogP contribution in [-0.4, -0.2) is 108 Å². The number of ether oxygens (including phenoxy) is 2. The number of likely N-dealkylation sites (N-methyl/N-ethyl adjacent to an activating group) is 1. The van der Waals surface area contributed by atoms with Gasteiger partial charge in [0.25, 0.3) is 0 Å². The number of primary amides is 1. The lowest BCUT2D eigenvalue weighted by Crippen LogP contribution is -2.70. The first kappa shape index (κ1) is 35.1. The second-order valence-corrected chi connectivity index (χ2v) is 12.9. The van der Waals surface area contributed by atoms with Crippen LogP contribution in [0, 0.1) is 25.7 Å². The molecule has 0 spiro atoms. The first-order valence-corrected chi connectivity index (χ1v) is 15.3. The van der Waals surface area contributed by atoms with Gasteiger partial charge < -0.3 is 45.4 Å². The van der Waals surface area contributed by atoms with Crippen molar-refractivity contribution in [2.45, 2.75) is 38.0 Å². The van der Waals surface area contributed by atoms with E-state index < -0.39 is 83.0 Å². The van der Waals surface area contributed by atoms with Crippen LogP contribution in [0.2, 0.25) is 0 Å². The number of esters is 1. The number of nitrogens with one attached hydrogen (secondary N) is 1. The van der Waals surface area contributed by atoms with Crippen molar-refractivity contribution in [2.75, 3.05) is 45.2 Å². The van der Waals surface area contributed by atoms with E-state index in [9.17, 15) is 44.4 Å². The van der Waals surface area contributed by atoms with Gasteiger partial charge >= 0.3 is 12.1 Å². The van der Waals surface area contributed by atoms with Crippen molar-refractivity contribution >= 4 is 47.0 Å². The van der Waals surface area contributed by atoms with Crippen molar-refractivity contribution in [1.29, 1.82) is 0 Å². The fourth-order valence-corrected chi connectivity index (χ4v) is 7.12. The molecular formula is C34H38N4O11. The molecule has 0 saturated heterocycles. The number of hydrogen-bond donors (Lipinski definition) is 6. The van der Waals surface area contributed by atoms with E-state index in [1.165, 1.54) is 17.0 Å². The molecule has 2 aromatic rings. The lowest BCUT2D eigenvalue weighted by molar-refractivity contribution is -0.175. The van der Waals surface area contributed by atoms with Crippen LogP contribution in [0.4, 0.5) is 16.2 Å². The summed E-state index contributed by atoms with van der Waals surface area (Å²) in [6.45, 7) is 2.86. The van der Waals surface area contributed by atoms with Gasteiger partial charge in [-0.3, -0.25) is 19.7 Å². The number of hydrogen-bond acceptors (Lipinski definition) is 13. The molecule has 0 bridgehead atoms. The molecule has 0 aromatic heterocycles. The van der Waals surface area contributed by atoms with Gasteiger partial charge in [0.1, 0.15) is 11.7 Å². The van der Waals surface area contributed by atoms with Crippen molar-refractivity contribution in [3.05, 3.63) is 69.0 Å². The Morgan fingerprint density at radius 3 is 2.22 bits per heavy atom. The van der Waals surface area contributed by atoms with Crippen LogP contribution in [0.5, 0.6) is 5.75 Å². The molecule has 2 amide bonds. The normalized spacial score (nSPS) is 24.4. The Hall–Kier alpha value is -5.25. The maximum absolute atomic E-state index is 14.1. The van der Waals surface area contributed by atoms with Crippen molar-refractivity contribution in [1.82, 2.24) is 4.90 Å². The molecule has 15 nitrogen and oxygen atoms in total. The molecule has 2 aromatic carbocycles. The van der Waals surface area contributed by atoms with Gasteiger partial charge in [-0.2, -0.15) is 0 Å². The highest BCUT2D eigenvalue weighted by Crippen LogP contribution is 2.53. The predicted octanol–water partition coefficient (Wildman–Crippen LogP) is 1.56. The summed E-state index contributed by atoms with van der Waals surface area (Å²) in [6.07, 6.45) is -1.42. The number of ketones is 2. The van der Waals surface area contributed by atoms with E-state index in [1.807, 2.05) is 19.9 Å². The number of anilines is 2. The molecule has 3 aliphatic rings. The quantitative estimate of drug-likeness (QED) is 0.106. The number of phenolic OH excluding ortho intramolecular Hbond substituents is 1. The summed E-state index contributed by atoms with van der Waals surface area (Å²) in [6, 6.07) is 5.44. The highest BCUT2D eigenvalue weighted by Gasteiger charge is 2.65. The first-order valence-electron chi connectivity index (χ1n) is 15.3. The van der Waals surface area contributed by atoms with Gasteiger partial charge in [-0.1, -0.05) is 17.2 Å². The molecule has 0 aliphatic heterocycles. The molecule has 1 saturated carbocycles. The number of nitrogens with zero attached hydrogens (tertiary/aromatic N) is 2. The van der Waals surface area contributed by atoms with Crippen LogP contribution in [0.15, 0.2) is 41.2 Å². The van der Waals surface area contributed by atoms with Crippen LogP contribution in [0.1, 0.15) is 43.8 Å². The molecule has 15 heteroatoms. The Kier molecular flexibility index (Phi) is 9.05. The number of carbonyl (C=O) groups is 5. The van der Waals surface area contributed by atoms with E-state index in [4.69, 9.17) is 15.2 Å². The Morgan fingerprint density at radius 1 is 1.02 bits per heavy atom. The summed E-state index contributed by atoms with van der Waals surface area (Å²) in [5.74, 6) is -9.02. The zero-order chi connectivity index (χ0) is 36.3. The Bertz CT molecular complexity index is 1840. The average Bonchev–Trinajstić information content (AvgIpc) is 2.99.